The van der Waals surface area contributed by atoms with E-state index in [0.29, 0.717) is 5.56 Å². The molecule has 0 spiro atoms. The number of amides is 1. The zero-order valence-electron chi connectivity index (χ0n) is 16.4. The number of benzene rings is 1. The fraction of sp³-hybridized carbons (Fsp3) is 0.455. The summed E-state index contributed by atoms with van der Waals surface area (Å²) >= 11 is 0. The maximum absolute atomic E-state index is 13.1. The van der Waals surface area contributed by atoms with Crippen LogP contribution in [-0.2, 0) is 0 Å². The monoisotopic (exact) mass is 380 g/mol. The van der Waals surface area contributed by atoms with Gasteiger partial charge in [-0.1, -0.05) is 18.2 Å². The van der Waals surface area contributed by atoms with Crippen LogP contribution in [0.15, 0.2) is 47.4 Å². The van der Waals surface area contributed by atoms with Crippen molar-refractivity contribution in [3.8, 4) is 0 Å². The van der Waals surface area contributed by atoms with Crippen molar-refractivity contribution in [2.24, 2.45) is 0 Å². The van der Waals surface area contributed by atoms with Gasteiger partial charge >= 0.3 is 0 Å². The third-order valence-electron chi connectivity index (χ3n) is 5.90. The van der Waals surface area contributed by atoms with E-state index in [1.807, 2.05) is 37.4 Å². The van der Waals surface area contributed by atoms with E-state index >= 15 is 0 Å². The number of carbonyl (C=O) groups excluding carboxylic acids is 1. The summed E-state index contributed by atoms with van der Waals surface area (Å²) in [6.45, 7) is 5.33. The van der Waals surface area contributed by atoms with E-state index in [2.05, 4.69) is 27.7 Å². The molecule has 1 amide bonds. The molecule has 2 fully saturated rings. The third-order valence-corrected chi connectivity index (χ3v) is 5.90. The second-order valence-corrected chi connectivity index (χ2v) is 7.81. The number of anilines is 1. The van der Waals surface area contributed by atoms with E-state index in [1.54, 1.807) is 4.57 Å². The summed E-state index contributed by atoms with van der Waals surface area (Å²) < 4.78 is 1.76. The van der Waals surface area contributed by atoms with Crippen molar-refractivity contribution in [2.75, 3.05) is 31.1 Å². The number of aryl methyl sites for hydroxylation is 1. The number of carbonyl (C=O) groups is 1. The predicted octanol–water partition coefficient (Wildman–Crippen LogP) is 2.09. The Morgan fingerprint density at radius 2 is 1.86 bits per heavy atom. The average Bonchev–Trinajstić information content (AvgIpc) is 3.18. The number of aromatic nitrogens is 1. The standard InChI is InChI=1S/C22H28N4O2/c1-16-9-14-26(19-7-11-23-12-8-19)22(28)20(16)21(27)24-17-10-13-25(15-17)18-5-3-2-4-6-18/h2-6,9,14,17,19,23H,7-8,10-13,15H2,1H3,(H,24,27). The molecule has 1 atom stereocenters. The topological polar surface area (TPSA) is 66.4 Å². The minimum absolute atomic E-state index is 0.0547. The molecule has 1 unspecified atom stereocenters. The Morgan fingerprint density at radius 1 is 1.11 bits per heavy atom. The Bertz CT molecular complexity index is 887. The molecular weight excluding hydrogens is 352 g/mol. The summed E-state index contributed by atoms with van der Waals surface area (Å²) in [6.07, 6.45) is 4.56. The first-order valence-electron chi connectivity index (χ1n) is 10.2. The van der Waals surface area contributed by atoms with Crippen LogP contribution in [0, 0.1) is 6.92 Å². The molecule has 28 heavy (non-hydrogen) atoms. The number of pyridine rings is 1. The quantitative estimate of drug-likeness (QED) is 0.852. The van der Waals surface area contributed by atoms with Gasteiger partial charge in [0.1, 0.15) is 5.56 Å². The van der Waals surface area contributed by atoms with Gasteiger partial charge in [-0.05, 0) is 63.0 Å². The zero-order chi connectivity index (χ0) is 19.5. The van der Waals surface area contributed by atoms with Gasteiger partial charge in [0, 0.05) is 37.1 Å². The van der Waals surface area contributed by atoms with E-state index in [9.17, 15) is 9.59 Å². The van der Waals surface area contributed by atoms with E-state index in [0.717, 1.165) is 51.0 Å². The van der Waals surface area contributed by atoms with Gasteiger partial charge in [-0.25, -0.2) is 0 Å². The number of para-hydroxylation sites is 1. The molecule has 0 aliphatic carbocycles. The van der Waals surface area contributed by atoms with Gasteiger partial charge in [-0.2, -0.15) is 0 Å². The van der Waals surface area contributed by atoms with E-state index in [1.165, 1.54) is 5.69 Å². The van der Waals surface area contributed by atoms with Crippen LogP contribution >= 0.6 is 0 Å². The molecule has 0 radical (unpaired) electrons. The van der Waals surface area contributed by atoms with Crippen molar-refractivity contribution < 1.29 is 4.79 Å². The molecule has 6 nitrogen and oxygen atoms in total. The molecule has 2 saturated heterocycles. The van der Waals surface area contributed by atoms with Crippen LogP contribution in [0.3, 0.4) is 0 Å². The Balaban J connectivity index is 1.48. The summed E-state index contributed by atoms with van der Waals surface area (Å²) in [6, 6.07) is 12.3. The highest BCUT2D eigenvalue weighted by atomic mass is 16.2. The number of piperidine rings is 1. The Hall–Kier alpha value is -2.60. The smallest absolute Gasteiger partial charge is 0.263 e. The fourth-order valence-electron chi connectivity index (χ4n) is 4.30. The minimum Gasteiger partial charge on any atom is -0.369 e. The number of hydrogen-bond donors (Lipinski definition) is 2. The fourth-order valence-corrected chi connectivity index (χ4v) is 4.30. The average molecular weight is 380 g/mol. The Kier molecular flexibility index (Phi) is 5.48. The first-order chi connectivity index (χ1) is 13.6. The summed E-state index contributed by atoms with van der Waals surface area (Å²) in [4.78, 5) is 28.3. The lowest BCUT2D eigenvalue weighted by molar-refractivity contribution is 0.0937. The zero-order valence-corrected chi connectivity index (χ0v) is 16.4. The molecule has 0 bridgehead atoms. The van der Waals surface area contributed by atoms with Crippen molar-refractivity contribution in [3.05, 3.63) is 64.1 Å². The van der Waals surface area contributed by atoms with E-state index < -0.39 is 0 Å². The van der Waals surface area contributed by atoms with Gasteiger partial charge < -0.3 is 20.1 Å². The van der Waals surface area contributed by atoms with Gasteiger partial charge in [-0.3, -0.25) is 9.59 Å². The predicted molar refractivity (Wildman–Crippen MR) is 111 cm³/mol. The molecule has 4 rings (SSSR count). The Morgan fingerprint density at radius 3 is 2.61 bits per heavy atom. The lowest BCUT2D eigenvalue weighted by Crippen LogP contribution is -2.42. The molecule has 0 saturated carbocycles. The van der Waals surface area contributed by atoms with Crippen molar-refractivity contribution in [3.63, 3.8) is 0 Å². The molecule has 1 aromatic heterocycles. The largest absolute Gasteiger partial charge is 0.369 e. The molecule has 6 heteroatoms. The highest BCUT2D eigenvalue weighted by Crippen LogP contribution is 2.20. The second kappa shape index (κ2) is 8.19. The van der Waals surface area contributed by atoms with Crippen molar-refractivity contribution >= 4 is 11.6 Å². The normalized spacial score (nSPS) is 20.3. The lowest BCUT2D eigenvalue weighted by atomic mass is 10.0. The number of nitrogens with one attached hydrogen (secondary N) is 2. The van der Waals surface area contributed by atoms with Gasteiger partial charge in [0.15, 0.2) is 0 Å². The highest BCUT2D eigenvalue weighted by Gasteiger charge is 2.27. The first-order valence-corrected chi connectivity index (χ1v) is 10.2. The van der Waals surface area contributed by atoms with Crippen LogP contribution in [0.5, 0.6) is 0 Å². The Labute approximate surface area is 165 Å². The first kappa shape index (κ1) is 18.7. The summed E-state index contributed by atoms with van der Waals surface area (Å²) in [7, 11) is 0. The second-order valence-electron chi connectivity index (χ2n) is 7.81. The van der Waals surface area contributed by atoms with Crippen molar-refractivity contribution in [2.45, 2.75) is 38.3 Å². The van der Waals surface area contributed by atoms with Crippen molar-refractivity contribution in [1.29, 1.82) is 0 Å². The van der Waals surface area contributed by atoms with Gasteiger partial charge in [0.05, 0.1) is 0 Å². The summed E-state index contributed by atoms with van der Waals surface area (Å²) in [5, 5.41) is 6.42. The van der Waals surface area contributed by atoms with Crippen LogP contribution < -0.4 is 21.1 Å². The number of nitrogens with zero attached hydrogens (tertiary/aromatic N) is 2. The molecule has 2 aromatic rings. The summed E-state index contributed by atoms with van der Waals surface area (Å²) in [5.74, 6) is -0.245. The molecule has 1 aromatic carbocycles. The number of hydrogen-bond acceptors (Lipinski definition) is 4. The molecule has 2 N–H and O–H groups in total. The maximum atomic E-state index is 13.1. The van der Waals surface area contributed by atoms with Gasteiger partial charge in [-0.15, -0.1) is 0 Å². The molecule has 148 valence electrons. The van der Waals surface area contributed by atoms with Crippen LogP contribution in [0.2, 0.25) is 0 Å². The van der Waals surface area contributed by atoms with Crippen LogP contribution in [-0.4, -0.2) is 42.7 Å². The molecule has 2 aliphatic heterocycles. The van der Waals surface area contributed by atoms with E-state index in [4.69, 9.17) is 0 Å². The third kappa shape index (κ3) is 3.83. The maximum Gasteiger partial charge on any atom is 0.263 e. The lowest BCUT2D eigenvalue weighted by Gasteiger charge is -2.25. The highest BCUT2D eigenvalue weighted by molar-refractivity contribution is 5.95. The van der Waals surface area contributed by atoms with Crippen LogP contribution in [0.4, 0.5) is 5.69 Å². The number of rotatable bonds is 4. The van der Waals surface area contributed by atoms with Crippen LogP contribution in [0.25, 0.3) is 0 Å². The molecule has 3 heterocycles. The molecule has 2 aliphatic rings. The van der Waals surface area contributed by atoms with E-state index in [-0.39, 0.29) is 23.6 Å². The summed E-state index contributed by atoms with van der Waals surface area (Å²) in [5.41, 5.74) is 2.04. The SMILES string of the molecule is Cc1ccn(C2CCNCC2)c(=O)c1C(=O)NC1CCN(c2ccccc2)C1. The molecular formula is C22H28N4O2. The van der Waals surface area contributed by atoms with Gasteiger partial charge in [0.25, 0.3) is 11.5 Å². The minimum atomic E-state index is -0.245. The van der Waals surface area contributed by atoms with Crippen LogP contribution in [0.1, 0.15) is 41.2 Å². The van der Waals surface area contributed by atoms with Crippen molar-refractivity contribution in [1.82, 2.24) is 15.2 Å². The van der Waals surface area contributed by atoms with Gasteiger partial charge in [0.2, 0.25) is 0 Å².